The topological polar surface area (TPSA) is 60.9 Å². The van der Waals surface area contributed by atoms with Gasteiger partial charge < -0.3 is 14.7 Å². The molecule has 1 atom stereocenters. The Kier molecular flexibility index (Phi) is 6.09. The molecule has 0 aromatic heterocycles. The van der Waals surface area contributed by atoms with Crippen molar-refractivity contribution >= 4 is 35.2 Å². The van der Waals surface area contributed by atoms with Crippen LogP contribution in [-0.4, -0.2) is 66.0 Å². The van der Waals surface area contributed by atoms with E-state index in [1.807, 2.05) is 42.3 Å². The van der Waals surface area contributed by atoms with Crippen LogP contribution in [0, 0.1) is 5.92 Å². The number of piperazine rings is 1. The second kappa shape index (κ2) is 8.33. The Morgan fingerprint density at radius 3 is 2.37 bits per heavy atom. The number of amides is 3. The van der Waals surface area contributed by atoms with Gasteiger partial charge in [0.1, 0.15) is 6.54 Å². The second-order valence-electron chi connectivity index (χ2n) is 7.28. The number of piperidine rings is 1. The first-order valence-corrected chi connectivity index (χ1v) is 10.6. The van der Waals surface area contributed by atoms with E-state index in [0.29, 0.717) is 32.5 Å². The van der Waals surface area contributed by atoms with E-state index in [9.17, 15) is 14.4 Å². The van der Waals surface area contributed by atoms with Crippen LogP contribution >= 0.6 is 11.8 Å². The van der Waals surface area contributed by atoms with Gasteiger partial charge >= 0.3 is 0 Å². The van der Waals surface area contributed by atoms with Crippen LogP contribution in [0.1, 0.15) is 26.7 Å². The summed E-state index contributed by atoms with van der Waals surface area (Å²) < 4.78 is 0. The van der Waals surface area contributed by atoms with E-state index in [4.69, 9.17) is 0 Å². The molecule has 0 bridgehead atoms. The number of benzene rings is 1. The molecule has 0 unspecified atom stereocenters. The van der Waals surface area contributed by atoms with Gasteiger partial charge in [0.15, 0.2) is 0 Å². The van der Waals surface area contributed by atoms with Crippen molar-refractivity contribution in [3.8, 4) is 0 Å². The summed E-state index contributed by atoms with van der Waals surface area (Å²) in [6, 6.07) is 7.82. The molecule has 1 aromatic rings. The van der Waals surface area contributed by atoms with Gasteiger partial charge in [-0.3, -0.25) is 14.4 Å². The summed E-state index contributed by atoms with van der Waals surface area (Å²) in [7, 11) is 0. The Bertz CT molecular complexity index is 731. The highest BCUT2D eigenvalue weighted by atomic mass is 32.2. The molecule has 3 rings (SSSR count). The minimum atomic E-state index is -0.0920. The van der Waals surface area contributed by atoms with Crippen molar-refractivity contribution in [3.63, 3.8) is 0 Å². The number of hydrogen-bond donors (Lipinski definition) is 0. The lowest BCUT2D eigenvalue weighted by Crippen LogP contribution is -2.58. The number of para-hydroxylation sites is 1. The Labute approximate surface area is 164 Å². The van der Waals surface area contributed by atoms with Crippen LogP contribution in [-0.2, 0) is 14.4 Å². The molecule has 146 valence electrons. The maximum Gasteiger partial charge on any atom is 0.246 e. The molecule has 2 aliphatic heterocycles. The zero-order valence-electron chi connectivity index (χ0n) is 16.2. The summed E-state index contributed by atoms with van der Waals surface area (Å²) in [6.07, 6.45) is 3.36. The van der Waals surface area contributed by atoms with Crippen molar-refractivity contribution in [2.75, 3.05) is 37.3 Å². The van der Waals surface area contributed by atoms with Crippen molar-refractivity contribution in [2.45, 2.75) is 37.6 Å². The minimum Gasteiger partial charge on any atom is -0.343 e. The first-order chi connectivity index (χ1) is 12.9. The molecule has 1 aromatic carbocycles. The van der Waals surface area contributed by atoms with Gasteiger partial charge in [-0.05, 0) is 38.2 Å². The smallest absolute Gasteiger partial charge is 0.246 e. The zero-order chi connectivity index (χ0) is 19.6. The number of thioether (sulfide) groups is 1. The molecule has 0 saturated carbocycles. The van der Waals surface area contributed by atoms with Gasteiger partial charge in [0.2, 0.25) is 17.7 Å². The molecule has 7 heteroatoms. The summed E-state index contributed by atoms with van der Waals surface area (Å²) in [4.78, 5) is 43.7. The number of rotatable bonds is 3. The monoisotopic (exact) mass is 389 g/mol. The first kappa shape index (κ1) is 19.7. The quantitative estimate of drug-likeness (QED) is 0.744. The van der Waals surface area contributed by atoms with Crippen LogP contribution in [0.5, 0.6) is 0 Å². The van der Waals surface area contributed by atoms with Crippen LogP contribution in [0.25, 0.3) is 0 Å². The number of anilines is 1. The third-order valence-electron chi connectivity index (χ3n) is 5.47. The minimum absolute atomic E-state index is 0.0372. The molecule has 6 nitrogen and oxygen atoms in total. The molecule has 2 fully saturated rings. The number of carbonyl (C=O) groups is 3. The molecule has 0 spiro atoms. The molecule has 27 heavy (non-hydrogen) atoms. The lowest BCUT2D eigenvalue weighted by molar-refractivity contribution is -0.143. The summed E-state index contributed by atoms with van der Waals surface area (Å²) >= 11 is 1.62. The Morgan fingerprint density at radius 2 is 1.78 bits per heavy atom. The van der Waals surface area contributed by atoms with Gasteiger partial charge in [-0.25, -0.2) is 0 Å². The highest BCUT2D eigenvalue weighted by molar-refractivity contribution is 7.98. The molecule has 0 radical (unpaired) electrons. The highest BCUT2D eigenvalue weighted by Crippen LogP contribution is 2.32. The van der Waals surface area contributed by atoms with E-state index in [1.165, 1.54) is 0 Å². The van der Waals surface area contributed by atoms with Crippen LogP contribution in [0.3, 0.4) is 0 Å². The highest BCUT2D eigenvalue weighted by Gasteiger charge is 2.37. The van der Waals surface area contributed by atoms with Crippen LogP contribution in [0.15, 0.2) is 29.2 Å². The number of hydrogen-bond acceptors (Lipinski definition) is 4. The van der Waals surface area contributed by atoms with Gasteiger partial charge in [-0.2, -0.15) is 0 Å². The summed E-state index contributed by atoms with van der Waals surface area (Å²) in [5.41, 5.74) is 0.921. The van der Waals surface area contributed by atoms with Crippen LogP contribution in [0.2, 0.25) is 0 Å². The van der Waals surface area contributed by atoms with E-state index in [0.717, 1.165) is 10.6 Å². The molecule has 2 aliphatic rings. The van der Waals surface area contributed by atoms with E-state index in [2.05, 4.69) is 0 Å². The second-order valence-corrected chi connectivity index (χ2v) is 8.13. The normalized spacial score (nSPS) is 21.5. The zero-order valence-corrected chi connectivity index (χ0v) is 17.0. The van der Waals surface area contributed by atoms with E-state index in [1.54, 1.807) is 28.5 Å². The number of carbonyl (C=O) groups excluding carboxylic acids is 3. The van der Waals surface area contributed by atoms with Crippen LogP contribution < -0.4 is 4.90 Å². The largest absolute Gasteiger partial charge is 0.343 e. The average Bonchev–Trinajstić information content (AvgIpc) is 2.67. The van der Waals surface area contributed by atoms with Gasteiger partial charge in [0.05, 0.1) is 11.7 Å². The van der Waals surface area contributed by atoms with Crippen LogP contribution in [0.4, 0.5) is 5.69 Å². The van der Waals surface area contributed by atoms with Gasteiger partial charge in [0.25, 0.3) is 0 Å². The third kappa shape index (κ3) is 4.13. The van der Waals surface area contributed by atoms with Crippen molar-refractivity contribution in [1.82, 2.24) is 9.80 Å². The van der Waals surface area contributed by atoms with Crippen molar-refractivity contribution in [3.05, 3.63) is 24.3 Å². The van der Waals surface area contributed by atoms with E-state index in [-0.39, 0.29) is 36.2 Å². The third-order valence-corrected chi connectivity index (χ3v) is 6.25. The fraction of sp³-hybridized carbons (Fsp3) is 0.550. The molecule has 2 saturated heterocycles. The van der Waals surface area contributed by atoms with E-state index >= 15 is 0 Å². The molecule has 3 amide bonds. The lowest BCUT2D eigenvalue weighted by Gasteiger charge is -2.42. The van der Waals surface area contributed by atoms with E-state index < -0.39 is 0 Å². The maximum absolute atomic E-state index is 12.9. The SMILES string of the molecule is CSc1ccccc1N1C(=O)CN(C(=O)C2CCN(C(C)=O)CC2)C[C@H]1C. The molecule has 0 aliphatic carbocycles. The Balaban J connectivity index is 1.67. The van der Waals surface area contributed by atoms with Crippen molar-refractivity contribution < 1.29 is 14.4 Å². The van der Waals surface area contributed by atoms with Crippen molar-refractivity contribution in [1.29, 1.82) is 0 Å². The first-order valence-electron chi connectivity index (χ1n) is 9.41. The molecular formula is C20H27N3O3S. The Hall–Kier alpha value is -2.02. The average molecular weight is 390 g/mol. The molecule has 2 heterocycles. The number of nitrogens with zero attached hydrogens (tertiary/aromatic N) is 3. The summed E-state index contributed by atoms with van der Waals surface area (Å²) in [6.45, 7) is 5.46. The van der Waals surface area contributed by atoms with Gasteiger partial charge in [0, 0.05) is 37.4 Å². The van der Waals surface area contributed by atoms with Crippen molar-refractivity contribution in [2.24, 2.45) is 5.92 Å². The predicted molar refractivity (Wildman–Crippen MR) is 107 cm³/mol. The fourth-order valence-electron chi connectivity index (χ4n) is 4.02. The van der Waals surface area contributed by atoms with Gasteiger partial charge in [-0.1, -0.05) is 12.1 Å². The molecular weight excluding hydrogens is 362 g/mol. The maximum atomic E-state index is 12.9. The molecule has 0 N–H and O–H groups in total. The standard InChI is InChI=1S/C20H27N3O3S/c1-14-12-22(20(26)16-8-10-21(11-9-16)15(2)24)13-19(25)23(14)17-6-4-5-7-18(17)27-3/h4-7,14,16H,8-13H2,1-3H3/t14-/m1/s1. The van der Waals surface area contributed by atoms with Gasteiger partial charge in [-0.15, -0.1) is 11.8 Å². The summed E-state index contributed by atoms with van der Waals surface area (Å²) in [5.74, 6) is -0.0163. The summed E-state index contributed by atoms with van der Waals surface area (Å²) in [5, 5.41) is 0. The lowest BCUT2D eigenvalue weighted by atomic mass is 9.94. The number of likely N-dealkylation sites (tertiary alicyclic amines) is 1. The fourth-order valence-corrected chi connectivity index (χ4v) is 4.61. The Morgan fingerprint density at radius 1 is 1.11 bits per heavy atom. The predicted octanol–water partition coefficient (Wildman–Crippen LogP) is 2.23.